The van der Waals surface area contributed by atoms with E-state index >= 15 is 0 Å². The Labute approximate surface area is 255 Å². The minimum Gasteiger partial charge on any atom is -0.390 e. The zero-order chi connectivity index (χ0) is 31.7. The monoisotopic (exact) mass is 608 g/mol. The number of rotatable bonds is 8. The van der Waals surface area contributed by atoms with Crippen LogP contribution in [0.15, 0.2) is 66.9 Å². The molecule has 2 aliphatic carbocycles. The number of carbonyl (C=O) groups is 2. The first-order valence-electron chi connectivity index (χ1n) is 15.0. The third-order valence-electron chi connectivity index (χ3n) is 8.90. The lowest BCUT2D eigenvalue weighted by Gasteiger charge is -2.49. The Kier molecular flexibility index (Phi) is 8.87. The summed E-state index contributed by atoms with van der Waals surface area (Å²) in [4.78, 5) is 30.3. The Morgan fingerprint density at radius 2 is 1.61 bits per heavy atom. The topological polar surface area (TPSA) is 109 Å². The number of amides is 2. The molecule has 2 aliphatic rings. The van der Waals surface area contributed by atoms with E-state index in [0.717, 1.165) is 32.7 Å². The maximum absolute atomic E-state index is 13.0. The van der Waals surface area contributed by atoms with Crippen LogP contribution >= 0.6 is 0 Å². The molecule has 2 aromatic carbocycles. The van der Waals surface area contributed by atoms with Gasteiger partial charge in [-0.1, -0.05) is 54.6 Å². The molecule has 0 saturated heterocycles. The van der Waals surface area contributed by atoms with Gasteiger partial charge in [-0.25, -0.2) is 4.98 Å². The second-order valence-corrected chi connectivity index (χ2v) is 12.8. The molecule has 0 atom stereocenters. The fraction of sp³-hybridized carbons (Fsp3) is 0.441. The lowest BCUT2D eigenvalue weighted by molar-refractivity contribution is -0.166. The first-order chi connectivity index (χ1) is 20.7. The molecule has 4 N–H and O–H groups in total. The molecular weight excluding hydrogens is 569 g/mol. The Morgan fingerprint density at radius 3 is 2.18 bits per heavy atom. The molecule has 234 valence electrons. The number of hydrogen-bond acceptors (Lipinski definition) is 5. The largest absolute Gasteiger partial charge is 0.406 e. The van der Waals surface area contributed by atoms with E-state index in [-0.39, 0.29) is 18.2 Å². The molecule has 3 aromatic rings. The van der Waals surface area contributed by atoms with Crippen LogP contribution in [0.2, 0.25) is 0 Å². The smallest absolute Gasteiger partial charge is 0.390 e. The van der Waals surface area contributed by atoms with Crippen molar-refractivity contribution in [2.75, 3.05) is 11.9 Å². The average molecular weight is 609 g/mol. The SMILES string of the molecule is CC(=O)N(CC(F)(F)F)C1CCC(CC(=O)Nc2cc(-c3ccccc3)c(-c3ccc(C4(N)CC(C)(O)C4)cc3)cn2)CC1. The lowest BCUT2D eigenvalue weighted by atomic mass is 9.63. The molecular formula is C34H39F3N4O3. The van der Waals surface area contributed by atoms with Crippen molar-refractivity contribution < 1.29 is 27.9 Å². The van der Waals surface area contributed by atoms with Crippen molar-refractivity contribution in [2.45, 2.75) is 82.2 Å². The van der Waals surface area contributed by atoms with Crippen molar-refractivity contribution in [3.63, 3.8) is 0 Å². The highest BCUT2D eigenvalue weighted by atomic mass is 19.4. The number of nitrogens with two attached hydrogens (primary N) is 1. The summed E-state index contributed by atoms with van der Waals surface area (Å²) in [6.45, 7) is 1.71. The van der Waals surface area contributed by atoms with Gasteiger partial charge >= 0.3 is 6.18 Å². The fourth-order valence-electron chi connectivity index (χ4n) is 6.91. The lowest BCUT2D eigenvalue weighted by Crippen LogP contribution is -2.58. The normalized spacial score (nSPS) is 25.2. The van der Waals surface area contributed by atoms with Crippen molar-refractivity contribution in [1.82, 2.24) is 9.88 Å². The molecule has 2 saturated carbocycles. The second-order valence-electron chi connectivity index (χ2n) is 12.8. The van der Waals surface area contributed by atoms with Crippen LogP contribution in [0.1, 0.15) is 64.4 Å². The highest BCUT2D eigenvalue weighted by molar-refractivity contribution is 5.92. The maximum Gasteiger partial charge on any atom is 0.406 e. The van der Waals surface area contributed by atoms with Crippen molar-refractivity contribution >= 4 is 17.6 Å². The van der Waals surface area contributed by atoms with E-state index in [1.807, 2.05) is 60.7 Å². The molecule has 1 heterocycles. The number of hydrogen-bond donors (Lipinski definition) is 3. The number of anilines is 1. The average Bonchev–Trinajstić information content (AvgIpc) is 2.95. The quantitative estimate of drug-likeness (QED) is 0.274. The first-order valence-corrected chi connectivity index (χ1v) is 15.0. The van der Waals surface area contributed by atoms with E-state index < -0.39 is 35.8 Å². The van der Waals surface area contributed by atoms with Crippen LogP contribution in [0, 0.1) is 5.92 Å². The molecule has 2 fully saturated rings. The zero-order valence-electron chi connectivity index (χ0n) is 25.0. The van der Waals surface area contributed by atoms with Crippen molar-refractivity contribution in [3.8, 4) is 22.3 Å². The van der Waals surface area contributed by atoms with Crippen LogP contribution in [0.4, 0.5) is 19.0 Å². The van der Waals surface area contributed by atoms with Crippen molar-refractivity contribution in [2.24, 2.45) is 11.7 Å². The van der Waals surface area contributed by atoms with Crippen LogP contribution in [0.3, 0.4) is 0 Å². The van der Waals surface area contributed by atoms with Gasteiger partial charge < -0.3 is 21.1 Å². The van der Waals surface area contributed by atoms with Gasteiger partial charge in [-0.2, -0.15) is 13.2 Å². The number of aromatic nitrogens is 1. The highest BCUT2D eigenvalue weighted by Crippen LogP contribution is 2.46. The molecule has 0 aliphatic heterocycles. The summed E-state index contributed by atoms with van der Waals surface area (Å²) in [7, 11) is 0. The number of nitrogens with one attached hydrogen (secondary N) is 1. The van der Waals surface area contributed by atoms with Crippen LogP contribution < -0.4 is 11.1 Å². The van der Waals surface area contributed by atoms with E-state index in [9.17, 15) is 27.9 Å². The Balaban J connectivity index is 1.26. The van der Waals surface area contributed by atoms with E-state index in [4.69, 9.17) is 5.73 Å². The van der Waals surface area contributed by atoms with Gasteiger partial charge in [0.15, 0.2) is 0 Å². The molecule has 10 heteroatoms. The number of halogens is 3. The van der Waals surface area contributed by atoms with Crippen LogP contribution in [-0.4, -0.2) is 51.2 Å². The minimum absolute atomic E-state index is 0.0162. The van der Waals surface area contributed by atoms with Gasteiger partial charge in [0.25, 0.3) is 0 Å². The summed E-state index contributed by atoms with van der Waals surface area (Å²) < 4.78 is 38.9. The Morgan fingerprint density at radius 1 is 1.00 bits per heavy atom. The van der Waals surface area contributed by atoms with Gasteiger partial charge in [-0.3, -0.25) is 9.59 Å². The number of carbonyl (C=O) groups excluding carboxylic acids is 2. The van der Waals surface area contributed by atoms with E-state index in [0.29, 0.717) is 44.3 Å². The third-order valence-corrected chi connectivity index (χ3v) is 8.90. The molecule has 5 rings (SSSR count). The molecule has 1 aromatic heterocycles. The Bertz CT molecular complexity index is 1480. The highest BCUT2D eigenvalue weighted by Gasteiger charge is 2.49. The summed E-state index contributed by atoms with van der Waals surface area (Å²) in [5.74, 6) is -0.365. The van der Waals surface area contributed by atoms with Gasteiger partial charge in [0.2, 0.25) is 11.8 Å². The van der Waals surface area contributed by atoms with Crippen LogP contribution in [0.25, 0.3) is 22.3 Å². The summed E-state index contributed by atoms with van der Waals surface area (Å²) in [6, 6.07) is 19.2. The number of alkyl halides is 3. The molecule has 7 nitrogen and oxygen atoms in total. The van der Waals surface area contributed by atoms with Crippen molar-refractivity contribution in [3.05, 3.63) is 72.4 Å². The van der Waals surface area contributed by atoms with Gasteiger partial charge in [-0.15, -0.1) is 0 Å². The molecule has 0 bridgehead atoms. The summed E-state index contributed by atoms with van der Waals surface area (Å²) >= 11 is 0. The fourth-order valence-corrected chi connectivity index (χ4v) is 6.91. The Hall–Kier alpha value is -3.76. The molecule has 0 radical (unpaired) electrons. The van der Waals surface area contributed by atoms with Gasteiger partial charge in [0.1, 0.15) is 12.4 Å². The van der Waals surface area contributed by atoms with Crippen LogP contribution in [0.5, 0.6) is 0 Å². The number of aliphatic hydroxyl groups is 1. The predicted octanol–water partition coefficient (Wildman–Crippen LogP) is 6.41. The number of pyridine rings is 1. The first kappa shape index (κ1) is 31.7. The summed E-state index contributed by atoms with van der Waals surface area (Å²) in [5, 5.41) is 13.1. The van der Waals surface area contributed by atoms with E-state index in [1.165, 1.54) is 6.92 Å². The van der Waals surface area contributed by atoms with E-state index in [2.05, 4.69) is 10.3 Å². The zero-order valence-corrected chi connectivity index (χ0v) is 25.0. The molecule has 2 amide bonds. The molecule has 0 unspecified atom stereocenters. The molecule has 44 heavy (non-hydrogen) atoms. The second kappa shape index (κ2) is 12.3. The summed E-state index contributed by atoms with van der Waals surface area (Å²) in [6.07, 6.45) is 0.524. The maximum atomic E-state index is 13.0. The van der Waals surface area contributed by atoms with Gasteiger partial charge in [-0.05, 0) is 79.7 Å². The van der Waals surface area contributed by atoms with Gasteiger partial charge in [0.05, 0.1) is 5.60 Å². The number of nitrogens with zero attached hydrogens (tertiary/aromatic N) is 2. The standard InChI is InChI=1S/C34H39F3N4O3/c1-22(42)41(21-34(35,36)37)27-14-8-23(9-15-27)16-31(43)40-30-17-28(24-6-4-3-5-7-24)29(18-39-30)25-10-12-26(13-11-25)33(38)19-32(2,44)20-33/h3-7,10-13,17-18,23,27,44H,8-9,14-16,19-21,38H2,1-2H3,(H,39,40,43). The minimum atomic E-state index is -4.44. The third kappa shape index (κ3) is 7.47. The predicted molar refractivity (Wildman–Crippen MR) is 163 cm³/mol. The number of benzene rings is 2. The molecule has 0 spiro atoms. The van der Waals surface area contributed by atoms with E-state index in [1.54, 1.807) is 13.1 Å². The van der Waals surface area contributed by atoms with Gasteiger partial charge in [0, 0.05) is 36.7 Å². The van der Waals surface area contributed by atoms with Crippen molar-refractivity contribution in [1.29, 1.82) is 0 Å². The summed E-state index contributed by atoms with van der Waals surface area (Å²) in [5.41, 5.74) is 9.88. The van der Waals surface area contributed by atoms with Crippen LogP contribution in [-0.2, 0) is 15.1 Å².